The van der Waals surface area contributed by atoms with Gasteiger partial charge in [0.1, 0.15) is 5.82 Å². The largest absolute Gasteiger partial charge is 0.307 e. The number of nitrogens with one attached hydrogen (secondary N) is 1. The van der Waals surface area contributed by atoms with E-state index in [1.165, 1.54) is 5.56 Å². The molecule has 1 aromatic carbocycles. The molecule has 2 unspecified atom stereocenters. The van der Waals surface area contributed by atoms with E-state index >= 15 is 0 Å². The van der Waals surface area contributed by atoms with Crippen LogP contribution in [0.3, 0.4) is 0 Å². The van der Waals surface area contributed by atoms with Crippen molar-refractivity contribution in [2.24, 2.45) is 13.0 Å². The van der Waals surface area contributed by atoms with E-state index in [0.29, 0.717) is 10.7 Å². The first-order chi connectivity index (χ1) is 8.65. The number of aromatic nitrogens is 3. The SMILES string of the molecule is CCC(C)C(c1ccccc1)c1n[nH]c(=S)n1C. The lowest BCUT2D eigenvalue weighted by molar-refractivity contribution is 0.467. The number of hydrogen-bond acceptors (Lipinski definition) is 2. The van der Waals surface area contributed by atoms with Crippen LogP contribution in [0.4, 0.5) is 0 Å². The van der Waals surface area contributed by atoms with Crippen molar-refractivity contribution in [3.63, 3.8) is 0 Å². The van der Waals surface area contributed by atoms with Crippen LogP contribution in [0.15, 0.2) is 30.3 Å². The van der Waals surface area contributed by atoms with Crippen molar-refractivity contribution in [3.05, 3.63) is 46.5 Å². The van der Waals surface area contributed by atoms with Crippen LogP contribution in [-0.2, 0) is 7.05 Å². The molecule has 2 atom stereocenters. The summed E-state index contributed by atoms with van der Waals surface area (Å²) in [5.74, 6) is 1.82. The third-order valence-electron chi connectivity index (χ3n) is 3.56. The molecule has 1 N–H and O–H groups in total. The molecule has 2 aromatic rings. The fourth-order valence-electron chi connectivity index (χ4n) is 2.27. The Hall–Kier alpha value is -1.42. The van der Waals surface area contributed by atoms with E-state index in [-0.39, 0.29) is 5.92 Å². The summed E-state index contributed by atoms with van der Waals surface area (Å²) < 4.78 is 2.65. The minimum Gasteiger partial charge on any atom is -0.307 e. The van der Waals surface area contributed by atoms with Gasteiger partial charge in [0.2, 0.25) is 0 Å². The highest BCUT2D eigenvalue weighted by molar-refractivity contribution is 7.71. The van der Waals surface area contributed by atoms with Crippen LogP contribution in [0.25, 0.3) is 0 Å². The Morgan fingerprint density at radius 2 is 2.00 bits per heavy atom. The molecule has 0 saturated carbocycles. The van der Waals surface area contributed by atoms with E-state index in [4.69, 9.17) is 12.2 Å². The molecule has 1 aromatic heterocycles. The molecule has 96 valence electrons. The molecule has 2 rings (SSSR count). The predicted octanol–water partition coefficient (Wildman–Crippen LogP) is 3.66. The number of nitrogens with zero attached hydrogens (tertiary/aromatic N) is 2. The molecular formula is C14H19N3S. The Morgan fingerprint density at radius 1 is 1.33 bits per heavy atom. The molecule has 18 heavy (non-hydrogen) atoms. The van der Waals surface area contributed by atoms with E-state index in [2.05, 4.69) is 48.3 Å². The number of rotatable bonds is 4. The Labute approximate surface area is 113 Å². The maximum atomic E-state index is 5.21. The average molecular weight is 261 g/mol. The molecule has 0 aliphatic heterocycles. The van der Waals surface area contributed by atoms with Gasteiger partial charge in [0.15, 0.2) is 4.77 Å². The van der Waals surface area contributed by atoms with Crippen molar-refractivity contribution in [1.82, 2.24) is 14.8 Å². The van der Waals surface area contributed by atoms with Crippen LogP contribution in [0.5, 0.6) is 0 Å². The summed E-state index contributed by atoms with van der Waals surface area (Å²) >= 11 is 5.21. The number of aromatic amines is 1. The van der Waals surface area contributed by atoms with Gasteiger partial charge in [-0.05, 0) is 23.7 Å². The quantitative estimate of drug-likeness (QED) is 0.852. The van der Waals surface area contributed by atoms with Crippen molar-refractivity contribution < 1.29 is 0 Å². The number of hydrogen-bond donors (Lipinski definition) is 1. The fraction of sp³-hybridized carbons (Fsp3) is 0.429. The second kappa shape index (κ2) is 5.48. The topological polar surface area (TPSA) is 33.6 Å². The zero-order valence-electron chi connectivity index (χ0n) is 11.1. The summed E-state index contributed by atoms with van der Waals surface area (Å²) in [5.41, 5.74) is 1.30. The average Bonchev–Trinajstić information content (AvgIpc) is 2.72. The highest BCUT2D eigenvalue weighted by Gasteiger charge is 2.24. The van der Waals surface area contributed by atoms with Crippen LogP contribution in [0.2, 0.25) is 0 Å². The minimum atomic E-state index is 0.286. The van der Waals surface area contributed by atoms with Crippen molar-refractivity contribution in [1.29, 1.82) is 0 Å². The van der Waals surface area contributed by atoms with E-state index in [1.807, 2.05) is 17.7 Å². The monoisotopic (exact) mass is 261 g/mol. The molecule has 0 saturated heterocycles. The van der Waals surface area contributed by atoms with Crippen LogP contribution in [0, 0.1) is 10.7 Å². The maximum absolute atomic E-state index is 5.21. The molecule has 0 radical (unpaired) electrons. The van der Waals surface area contributed by atoms with E-state index in [1.54, 1.807) is 0 Å². The normalized spacial score (nSPS) is 14.4. The van der Waals surface area contributed by atoms with E-state index in [0.717, 1.165) is 12.2 Å². The van der Waals surface area contributed by atoms with Gasteiger partial charge in [-0.1, -0.05) is 50.6 Å². The van der Waals surface area contributed by atoms with Crippen molar-refractivity contribution in [2.75, 3.05) is 0 Å². The summed E-state index contributed by atoms with van der Waals surface area (Å²) in [6, 6.07) is 10.5. The summed E-state index contributed by atoms with van der Waals surface area (Å²) in [7, 11) is 1.97. The fourth-order valence-corrected chi connectivity index (χ4v) is 2.40. The van der Waals surface area contributed by atoms with Gasteiger partial charge < -0.3 is 4.57 Å². The molecule has 0 amide bonds. The lowest BCUT2D eigenvalue weighted by atomic mass is 9.85. The van der Waals surface area contributed by atoms with Crippen LogP contribution < -0.4 is 0 Å². The highest BCUT2D eigenvalue weighted by Crippen LogP contribution is 2.32. The molecule has 3 nitrogen and oxygen atoms in total. The van der Waals surface area contributed by atoms with Gasteiger partial charge in [-0.25, -0.2) is 0 Å². The maximum Gasteiger partial charge on any atom is 0.194 e. The minimum absolute atomic E-state index is 0.286. The third kappa shape index (κ3) is 2.38. The summed E-state index contributed by atoms with van der Waals surface area (Å²) in [5, 5.41) is 7.29. The molecule has 0 spiro atoms. The first kappa shape index (κ1) is 13.0. The summed E-state index contributed by atoms with van der Waals surface area (Å²) in [6.45, 7) is 4.47. The Morgan fingerprint density at radius 3 is 2.50 bits per heavy atom. The van der Waals surface area contributed by atoms with Gasteiger partial charge in [0, 0.05) is 13.0 Å². The Bertz CT molecular complexity index is 556. The van der Waals surface area contributed by atoms with E-state index in [9.17, 15) is 0 Å². The van der Waals surface area contributed by atoms with Crippen LogP contribution in [-0.4, -0.2) is 14.8 Å². The highest BCUT2D eigenvalue weighted by atomic mass is 32.1. The van der Waals surface area contributed by atoms with Crippen molar-refractivity contribution in [3.8, 4) is 0 Å². The van der Waals surface area contributed by atoms with Gasteiger partial charge in [0.05, 0.1) is 0 Å². The van der Waals surface area contributed by atoms with Crippen LogP contribution in [0.1, 0.15) is 37.6 Å². The molecule has 0 fully saturated rings. The molecule has 4 heteroatoms. The van der Waals surface area contributed by atoms with Gasteiger partial charge >= 0.3 is 0 Å². The first-order valence-corrected chi connectivity index (χ1v) is 6.72. The third-order valence-corrected chi connectivity index (χ3v) is 3.93. The summed E-state index contributed by atoms with van der Waals surface area (Å²) in [6.07, 6.45) is 1.11. The Kier molecular flexibility index (Phi) is 3.97. The van der Waals surface area contributed by atoms with Gasteiger partial charge in [-0.2, -0.15) is 5.10 Å². The zero-order valence-corrected chi connectivity index (χ0v) is 11.9. The van der Waals surface area contributed by atoms with Crippen LogP contribution >= 0.6 is 12.2 Å². The van der Waals surface area contributed by atoms with Gasteiger partial charge in [-0.3, -0.25) is 5.10 Å². The standard InChI is InChI=1S/C14H19N3S/c1-4-10(2)12(11-8-6-5-7-9-11)13-15-16-14(18)17(13)3/h5-10,12H,4H2,1-3H3,(H,16,18). The van der Waals surface area contributed by atoms with Crippen molar-refractivity contribution >= 4 is 12.2 Å². The van der Waals surface area contributed by atoms with Crippen molar-refractivity contribution in [2.45, 2.75) is 26.2 Å². The smallest absolute Gasteiger partial charge is 0.194 e. The number of benzene rings is 1. The second-order valence-electron chi connectivity index (χ2n) is 4.72. The van der Waals surface area contributed by atoms with E-state index < -0.39 is 0 Å². The van der Waals surface area contributed by atoms with Gasteiger partial charge in [-0.15, -0.1) is 0 Å². The number of H-pyrrole nitrogens is 1. The lowest BCUT2D eigenvalue weighted by Gasteiger charge is -2.22. The van der Waals surface area contributed by atoms with Gasteiger partial charge in [0.25, 0.3) is 0 Å². The molecule has 0 aliphatic rings. The predicted molar refractivity (Wildman–Crippen MR) is 76.1 cm³/mol. The molecule has 0 bridgehead atoms. The molecular weight excluding hydrogens is 242 g/mol. The lowest BCUT2D eigenvalue weighted by Crippen LogP contribution is -2.15. The second-order valence-corrected chi connectivity index (χ2v) is 5.11. The Balaban J connectivity index is 2.50. The zero-order chi connectivity index (χ0) is 13.1. The molecule has 0 aliphatic carbocycles. The summed E-state index contributed by atoms with van der Waals surface area (Å²) in [4.78, 5) is 0. The first-order valence-electron chi connectivity index (χ1n) is 6.31. The molecule has 1 heterocycles.